The first-order chi connectivity index (χ1) is 7.52. The molecule has 0 aromatic heterocycles. The van der Waals surface area contributed by atoms with Crippen LogP contribution in [0.5, 0.6) is 0 Å². The van der Waals surface area contributed by atoms with Crippen molar-refractivity contribution in [1.82, 2.24) is 4.90 Å². The lowest BCUT2D eigenvalue weighted by atomic mass is 9.90. The number of likely N-dealkylation sites (N-methyl/N-ethyl adjacent to an activating group) is 1. The zero-order valence-electron chi connectivity index (χ0n) is 9.40. The molecule has 6 heteroatoms. The van der Waals surface area contributed by atoms with Crippen molar-refractivity contribution in [3.63, 3.8) is 0 Å². The first-order valence-corrected chi connectivity index (χ1v) is 4.89. The molecular weight excluding hydrogens is 202 g/mol. The van der Waals surface area contributed by atoms with Crippen LogP contribution in [-0.4, -0.2) is 81.1 Å². The number of β-amino-alcohol motifs (C(OH)–C–C–N with tert-alkyl or cyclic N) is 1. The lowest BCUT2D eigenvalue weighted by molar-refractivity contribution is -0.154. The van der Waals surface area contributed by atoms with E-state index in [-0.39, 0.29) is 26.6 Å². The summed E-state index contributed by atoms with van der Waals surface area (Å²) in [6.07, 6.45) is -4.76. The first-order valence-electron chi connectivity index (χ1n) is 5.60. The van der Waals surface area contributed by atoms with Gasteiger partial charge in [-0.05, 0) is 13.4 Å². The van der Waals surface area contributed by atoms with Gasteiger partial charge in [-0.1, -0.05) is 0 Å². The second kappa shape index (κ2) is 5.20. The van der Waals surface area contributed by atoms with E-state index < -0.39 is 30.5 Å². The molecule has 0 unspecified atom stereocenters. The summed E-state index contributed by atoms with van der Waals surface area (Å²) in [6, 6.07) is -0.831. The van der Waals surface area contributed by atoms with Crippen LogP contribution in [-0.2, 0) is 0 Å². The topological polar surface area (TPSA) is 104 Å². The Morgan fingerprint density at radius 3 is 2.60 bits per heavy atom. The SMILES string of the molecule is [2H]CN1C[C@H](O)[C@H](O)[C@H](O)[C@@H]1[C@H](O)CCO. The lowest BCUT2D eigenvalue weighted by Gasteiger charge is -2.43. The van der Waals surface area contributed by atoms with E-state index in [9.17, 15) is 20.4 Å². The minimum absolute atomic E-state index is 0.0227. The highest BCUT2D eigenvalue weighted by Gasteiger charge is 2.42. The quantitative estimate of drug-likeness (QED) is 0.351. The molecule has 1 rings (SSSR count). The standard InChI is InChI=1S/C9H19NO5/c1-10-4-6(13)8(14)9(15)7(10)5(12)2-3-11/h5-9,11-15H,2-4H2,1H3/t5-,6+,7+,8+,9-/m1/s1/i1D. The first kappa shape index (κ1) is 11.3. The van der Waals surface area contributed by atoms with Gasteiger partial charge in [0.1, 0.15) is 12.2 Å². The molecule has 0 saturated carbocycles. The van der Waals surface area contributed by atoms with Crippen LogP contribution in [0, 0.1) is 0 Å². The second-order valence-corrected chi connectivity index (χ2v) is 3.89. The van der Waals surface area contributed by atoms with Crippen molar-refractivity contribution in [3.8, 4) is 0 Å². The largest absolute Gasteiger partial charge is 0.396 e. The third kappa shape index (κ3) is 2.66. The molecule has 0 amide bonds. The number of aliphatic hydroxyl groups excluding tert-OH is 5. The molecule has 90 valence electrons. The third-order valence-electron chi connectivity index (χ3n) is 2.76. The van der Waals surface area contributed by atoms with Crippen molar-refractivity contribution in [2.24, 2.45) is 0 Å². The predicted octanol–water partition coefficient (Wildman–Crippen LogP) is -2.87. The third-order valence-corrected chi connectivity index (χ3v) is 2.76. The molecular formula is C9H19NO5. The fourth-order valence-electron chi connectivity index (χ4n) is 1.89. The summed E-state index contributed by atoms with van der Waals surface area (Å²) in [5.74, 6) is 0. The molecule has 0 radical (unpaired) electrons. The fourth-order valence-corrected chi connectivity index (χ4v) is 1.89. The van der Waals surface area contributed by atoms with Crippen molar-refractivity contribution in [1.29, 1.82) is 0 Å². The molecule has 1 saturated heterocycles. The second-order valence-electron chi connectivity index (χ2n) is 3.89. The Balaban J connectivity index is 2.76. The molecule has 0 aromatic carbocycles. The van der Waals surface area contributed by atoms with Crippen LogP contribution in [0.1, 0.15) is 7.79 Å². The molecule has 1 aliphatic rings. The van der Waals surface area contributed by atoms with Gasteiger partial charge in [-0.25, -0.2) is 0 Å². The Labute approximate surface area is 89.8 Å². The molecule has 1 heterocycles. The smallest absolute Gasteiger partial charge is 0.109 e. The van der Waals surface area contributed by atoms with Gasteiger partial charge in [-0.2, -0.15) is 0 Å². The predicted molar refractivity (Wildman–Crippen MR) is 52.1 cm³/mol. The Bertz CT molecular complexity index is 218. The van der Waals surface area contributed by atoms with Crippen molar-refractivity contribution in [3.05, 3.63) is 0 Å². The van der Waals surface area contributed by atoms with E-state index in [4.69, 9.17) is 6.48 Å². The average molecular weight is 222 g/mol. The monoisotopic (exact) mass is 222 g/mol. The van der Waals surface area contributed by atoms with Gasteiger partial charge in [0.05, 0.1) is 18.2 Å². The molecule has 5 N–H and O–H groups in total. The van der Waals surface area contributed by atoms with E-state index in [2.05, 4.69) is 0 Å². The lowest BCUT2D eigenvalue weighted by Crippen LogP contribution is -2.63. The van der Waals surface area contributed by atoms with Gasteiger partial charge in [0.15, 0.2) is 0 Å². The van der Waals surface area contributed by atoms with Gasteiger partial charge in [0.2, 0.25) is 0 Å². The highest BCUT2D eigenvalue weighted by atomic mass is 16.4. The van der Waals surface area contributed by atoms with Crippen molar-refractivity contribution >= 4 is 0 Å². The van der Waals surface area contributed by atoms with Crippen LogP contribution >= 0.6 is 0 Å². The van der Waals surface area contributed by atoms with E-state index in [1.54, 1.807) is 0 Å². The Morgan fingerprint density at radius 2 is 2.07 bits per heavy atom. The summed E-state index contributed by atoms with van der Waals surface area (Å²) in [5.41, 5.74) is 0. The Morgan fingerprint density at radius 1 is 1.40 bits per heavy atom. The van der Waals surface area contributed by atoms with Crippen LogP contribution in [0.25, 0.3) is 0 Å². The molecule has 0 aliphatic carbocycles. The van der Waals surface area contributed by atoms with Crippen LogP contribution in [0.3, 0.4) is 0 Å². The maximum Gasteiger partial charge on any atom is 0.109 e. The number of hydrogen-bond donors (Lipinski definition) is 5. The van der Waals surface area contributed by atoms with Gasteiger partial charge in [-0.15, -0.1) is 0 Å². The highest BCUT2D eigenvalue weighted by Crippen LogP contribution is 2.21. The van der Waals surface area contributed by atoms with Crippen molar-refractivity contribution < 1.29 is 26.9 Å². The summed E-state index contributed by atoms with van der Waals surface area (Å²) in [4.78, 5) is 1.38. The summed E-state index contributed by atoms with van der Waals surface area (Å²) >= 11 is 0. The normalized spacial score (nSPS) is 41.3. The number of rotatable bonds is 3. The van der Waals surface area contributed by atoms with Crippen molar-refractivity contribution in [2.75, 3.05) is 20.2 Å². The summed E-state index contributed by atoms with van der Waals surface area (Å²) in [6.45, 7) is -0.218. The van der Waals surface area contributed by atoms with Crippen LogP contribution in [0.4, 0.5) is 0 Å². The summed E-state index contributed by atoms with van der Waals surface area (Å²) < 4.78 is 7.25. The average Bonchev–Trinajstić information content (AvgIpc) is 2.25. The number of aliphatic hydroxyl groups is 5. The van der Waals surface area contributed by atoms with E-state index in [0.29, 0.717) is 0 Å². The number of piperidine rings is 1. The van der Waals surface area contributed by atoms with Gasteiger partial charge in [0.25, 0.3) is 0 Å². The van der Waals surface area contributed by atoms with Gasteiger partial charge in [-0.3, -0.25) is 4.90 Å². The Hall–Kier alpha value is -0.240. The van der Waals surface area contributed by atoms with Gasteiger partial charge < -0.3 is 25.5 Å². The van der Waals surface area contributed by atoms with Crippen LogP contribution in [0.2, 0.25) is 0 Å². The molecule has 0 bridgehead atoms. The minimum atomic E-state index is -1.33. The van der Waals surface area contributed by atoms with Crippen molar-refractivity contribution in [2.45, 2.75) is 36.9 Å². The molecule has 5 atom stereocenters. The molecule has 0 spiro atoms. The Kier molecular flexibility index (Phi) is 3.90. The van der Waals surface area contributed by atoms with E-state index in [0.717, 1.165) is 0 Å². The van der Waals surface area contributed by atoms with Crippen LogP contribution < -0.4 is 0 Å². The maximum absolute atomic E-state index is 9.73. The van der Waals surface area contributed by atoms with Gasteiger partial charge >= 0.3 is 0 Å². The number of hydrogen-bond acceptors (Lipinski definition) is 6. The minimum Gasteiger partial charge on any atom is -0.396 e. The van der Waals surface area contributed by atoms with Gasteiger partial charge in [0, 0.05) is 14.5 Å². The summed E-state index contributed by atoms with van der Waals surface area (Å²) in [7, 11) is -0.200. The zero-order valence-corrected chi connectivity index (χ0v) is 8.40. The number of likely N-dealkylation sites (tertiary alicyclic amines) is 1. The molecule has 1 fully saturated rings. The molecule has 0 aromatic rings. The number of nitrogens with zero attached hydrogens (tertiary/aromatic N) is 1. The highest BCUT2D eigenvalue weighted by molar-refractivity contribution is 4.96. The molecule has 1 aliphatic heterocycles. The fraction of sp³-hybridized carbons (Fsp3) is 1.00. The molecule has 15 heavy (non-hydrogen) atoms. The van der Waals surface area contributed by atoms with E-state index in [1.165, 1.54) is 4.90 Å². The summed E-state index contributed by atoms with van der Waals surface area (Å²) in [5, 5.41) is 47.1. The van der Waals surface area contributed by atoms with Crippen LogP contribution in [0.15, 0.2) is 0 Å². The molecule has 6 nitrogen and oxygen atoms in total. The van der Waals surface area contributed by atoms with E-state index in [1.807, 2.05) is 0 Å². The van der Waals surface area contributed by atoms with E-state index >= 15 is 0 Å². The zero-order chi connectivity index (χ0) is 12.3. The maximum atomic E-state index is 9.73.